The van der Waals surface area contributed by atoms with Crippen molar-refractivity contribution in [3.05, 3.63) is 36.4 Å². The molecule has 0 bridgehead atoms. The second-order valence-corrected chi connectivity index (χ2v) is 3.67. The Morgan fingerprint density at radius 3 is 2.94 bits per heavy atom. The van der Waals surface area contributed by atoms with Crippen LogP contribution in [0.4, 0.5) is 0 Å². The van der Waals surface area contributed by atoms with Gasteiger partial charge in [-0.1, -0.05) is 18.2 Å². The monoisotopic (exact) mass is 230 g/mol. The van der Waals surface area contributed by atoms with Gasteiger partial charge in [-0.3, -0.25) is 4.79 Å². The van der Waals surface area contributed by atoms with E-state index in [4.69, 9.17) is 4.74 Å². The molecule has 17 heavy (non-hydrogen) atoms. The Bertz CT molecular complexity index is 526. The molecule has 2 aromatic rings. The Kier molecular flexibility index (Phi) is 3.55. The van der Waals surface area contributed by atoms with Crippen molar-refractivity contribution in [2.24, 2.45) is 0 Å². The highest BCUT2D eigenvalue weighted by Gasteiger charge is 1.98. The topological polar surface area (TPSA) is 51.2 Å². The summed E-state index contributed by atoms with van der Waals surface area (Å²) in [5.74, 6) is 0.522. The zero-order valence-corrected chi connectivity index (χ0v) is 9.64. The van der Waals surface area contributed by atoms with E-state index in [2.05, 4.69) is 10.3 Å². The van der Waals surface area contributed by atoms with Crippen molar-refractivity contribution < 1.29 is 9.53 Å². The quantitative estimate of drug-likeness (QED) is 0.814. The number of nitrogens with one attached hydrogen (secondary N) is 1. The number of rotatable bonds is 4. The van der Waals surface area contributed by atoms with Gasteiger partial charge >= 0.3 is 0 Å². The number of nitrogens with zero attached hydrogens (tertiary/aromatic N) is 1. The SMILES string of the molecule is CC(=O)NCCOc1ccc2ccccc2n1. The summed E-state index contributed by atoms with van der Waals surface area (Å²) in [4.78, 5) is 15.0. The smallest absolute Gasteiger partial charge is 0.216 e. The van der Waals surface area contributed by atoms with Gasteiger partial charge in [0.25, 0.3) is 0 Å². The van der Waals surface area contributed by atoms with E-state index in [1.54, 1.807) is 0 Å². The number of pyridine rings is 1. The van der Waals surface area contributed by atoms with Gasteiger partial charge < -0.3 is 10.1 Å². The summed E-state index contributed by atoms with van der Waals surface area (Å²) in [6, 6.07) is 11.7. The van der Waals surface area contributed by atoms with E-state index in [1.165, 1.54) is 6.92 Å². The Hall–Kier alpha value is -2.10. The number of hydrogen-bond donors (Lipinski definition) is 1. The van der Waals surface area contributed by atoms with Crippen LogP contribution in [0.3, 0.4) is 0 Å². The molecule has 1 N–H and O–H groups in total. The molecule has 2 rings (SSSR count). The molecule has 0 saturated heterocycles. The normalized spacial score (nSPS) is 10.2. The van der Waals surface area contributed by atoms with E-state index in [0.717, 1.165) is 10.9 Å². The highest BCUT2D eigenvalue weighted by atomic mass is 16.5. The van der Waals surface area contributed by atoms with E-state index < -0.39 is 0 Å². The molecule has 0 spiro atoms. The highest BCUT2D eigenvalue weighted by Crippen LogP contribution is 2.15. The average molecular weight is 230 g/mol. The number of para-hydroxylation sites is 1. The van der Waals surface area contributed by atoms with Gasteiger partial charge in [-0.15, -0.1) is 0 Å². The van der Waals surface area contributed by atoms with Crippen LogP contribution in [0.15, 0.2) is 36.4 Å². The maximum Gasteiger partial charge on any atom is 0.216 e. The molecule has 1 aromatic heterocycles. The summed E-state index contributed by atoms with van der Waals surface area (Å²) in [7, 11) is 0. The van der Waals surface area contributed by atoms with Crippen LogP contribution >= 0.6 is 0 Å². The summed E-state index contributed by atoms with van der Waals surface area (Å²) >= 11 is 0. The third kappa shape index (κ3) is 3.17. The first-order valence-corrected chi connectivity index (χ1v) is 5.49. The Labute approximate surface area is 99.6 Å². The molecule has 1 aromatic carbocycles. The lowest BCUT2D eigenvalue weighted by molar-refractivity contribution is -0.119. The first-order valence-electron chi connectivity index (χ1n) is 5.49. The Morgan fingerprint density at radius 1 is 1.29 bits per heavy atom. The largest absolute Gasteiger partial charge is 0.476 e. The summed E-state index contributed by atoms with van der Waals surface area (Å²) in [6.07, 6.45) is 0. The molecule has 0 unspecified atom stereocenters. The average Bonchev–Trinajstić information content (AvgIpc) is 2.34. The summed E-state index contributed by atoms with van der Waals surface area (Å²) < 4.78 is 5.44. The number of hydrogen-bond acceptors (Lipinski definition) is 3. The third-order valence-corrected chi connectivity index (χ3v) is 2.30. The fourth-order valence-electron chi connectivity index (χ4n) is 1.51. The molecule has 0 aliphatic carbocycles. The summed E-state index contributed by atoms with van der Waals surface area (Å²) in [5, 5.41) is 3.75. The van der Waals surface area contributed by atoms with Crippen molar-refractivity contribution in [2.45, 2.75) is 6.92 Å². The number of benzene rings is 1. The molecular formula is C13H14N2O2. The Balaban J connectivity index is 1.97. The fourth-order valence-corrected chi connectivity index (χ4v) is 1.51. The summed E-state index contributed by atoms with van der Waals surface area (Å²) in [5.41, 5.74) is 0.907. The molecule has 4 heteroatoms. The number of carbonyl (C=O) groups excluding carboxylic acids is 1. The molecular weight excluding hydrogens is 216 g/mol. The molecule has 0 radical (unpaired) electrons. The maximum atomic E-state index is 10.6. The number of fused-ring (bicyclic) bond motifs is 1. The predicted molar refractivity (Wildman–Crippen MR) is 65.9 cm³/mol. The third-order valence-electron chi connectivity index (χ3n) is 2.30. The van der Waals surface area contributed by atoms with Crippen LogP contribution in [0.25, 0.3) is 10.9 Å². The second-order valence-electron chi connectivity index (χ2n) is 3.67. The van der Waals surface area contributed by atoms with Crippen LogP contribution in [0.1, 0.15) is 6.92 Å². The van der Waals surface area contributed by atoms with Crippen LogP contribution in [-0.2, 0) is 4.79 Å². The second kappa shape index (κ2) is 5.30. The number of amides is 1. The van der Waals surface area contributed by atoms with Gasteiger partial charge in [-0.25, -0.2) is 4.98 Å². The maximum absolute atomic E-state index is 10.6. The predicted octanol–water partition coefficient (Wildman–Crippen LogP) is 1.75. The zero-order chi connectivity index (χ0) is 12.1. The first-order chi connectivity index (χ1) is 8.25. The van der Waals surface area contributed by atoms with Crippen LogP contribution < -0.4 is 10.1 Å². The van der Waals surface area contributed by atoms with Crippen molar-refractivity contribution in [3.63, 3.8) is 0 Å². The van der Waals surface area contributed by atoms with Gasteiger partial charge in [-0.2, -0.15) is 0 Å². The lowest BCUT2D eigenvalue weighted by Crippen LogP contribution is -2.25. The lowest BCUT2D eigenvalue weighted by Gasteiger charge is -2.06. The minimum atomic E-state index is -0.0555. The van der Waals surface area contributed by atoms with Gasteiger partial charge in [0, 0.05) is 18.4 Å². The van der Waals surface area contributed by atoms with Crippen molar-refractivity contribution in [2.75, 3.05) is 13.2 Å². The number of carbonyl (C=O) groups is 1. The molecule has 1 heterocycles. The van der Waals surface area contributed by atoms with Gasteiger partial charge in [0.15, 0.2) is 0 Å². The van der Waals surface area contributed by atoms with Crippen LogP contribution in [-0.4, -0.2) is 24.0 Å². The standard InChI is InChI=1S/C13H14N2O2/c1-10(16)14-8-9-17-13-7-6-11-4-2-3-5-12(11)15-13/h2-7H,8-9H2,1H3,(H,14,16). The lowest BCUT2D eigenvalue weighted by atomic mass is 10.2. The van der Waals surface area contributed by atoms with Gasteiger partial charge in [0.2, 0.25) is 11.8 Å². The minimum Gasteiger partial charge on any atom is -0.476 e. The van der Waals surface area contributed by atoms with Crippen molar-refractivity contribution >= 4 is 16.8 Å². The molecule has 0 aliphatic rings. The number of ether oxygens (including phenoxy) is 1. The highest BCUT2D eigenvalue weighted by molar-refractivity contribution is 5.78. The van der Waals surface area contributed by atoms with Gasteiger partial charge in [0.05, 0.1) is 12.1 Å². The van der Waals surface area contributed by atoms with Crippen LogP contribution in [0, 0.1) is 0 Å². The van der Waals surface area contributed by atoms with E-state index in [1.807, 2.05) is 36.4 Å². The minimum absolute atomic E-state index is 0.0555. The molecule has 0 fully saturated rings. The van der Waals surface area contributed by atoms with E-state index in [-0.39, 0.29) is 5.91 Å². The van der Waals surface area contributed by atoms with Crippen LogP contribution in [0.2, 0.25) is 0 Å². The van der Waals surface area contributed by atoms with Gasteiger partial charge in [-0.05, 0) is 12.1 Å². The summed E-state index contributed by atoms with van der Waals surface area (Å²) in [6.45, 7) is 2.39. The molecule has 0 saturated carbocycles. The Morgan fingerprint density at radius 2 is 2.12 bits per heavy atom. The van der Waals surface area contributed by atoms with Crippen molar-refractivity contribution in [3.8, 4) is 5.88 Å². The molecule has 0 aliphatic heterocycles. The van der Waals surface area contributed by atoms with Crippen molar-refractivity contribution in [1.29, 1.82) is 0 Å². The van der Waals surface area contributed by atoms with E-state index in [9.17, 15) is 4.79 Å². The fraction of sp³-hybridized carbons (Fsp3) is 0.231. The number of aromatic nitrogens is 1. The van der Waals surface area contributed by atoms with E-state index >= 15 is 0 Å². The van der Waals surface area contributed by atoms with Gasteiger partial charge in [0.1, 0.15) is 6.61 Å². The molecule has 1 amide bonds. The molecule has 4 nitrogen and oxygen atoms in total. The molecule has 88 valence electrons. The van der Waals surface area contributed by atoms with E-state index in [0.29, 0.717) is 19.0 Å². The van der Waals surface area contributed by atoms with Crippen LogP contribution in [0.5, 0.6) is 5.88 Å². The zero-order valence-electron chi connectivity index (χ0n) is 9.64. The molecule has 0 atom stereocenters. The van der Waals surface area contributed by atoms with Crippen molar-refractivity contribution in [1.82, 2.24) is 10.3 Å². The first kappa shape index (κ1) is 11.4.